The number of aromatic amines is 1. The normalized spacial score (nSPS) is 16.9. The molecule has 0 bridgehead atoms. The minimum Gasteiger partial charge on any atom is -0.301 e. The Morgan fingerprint density at radius 3 is 2.63 bits per heavy atom. The maximum atomic E-state index is 13.3. The topological polar surface area (TPSA) is 66.8 Å². The number of fused-ring (bicyclic) bond motifs is 2. The van der Waals surface area contributed by atoms with Crippen molar-refractivity contribution < 1.29 is 0 Å². The van der Waals surface area contributed by atoms with E-state index in [1.165, 1.54) is 0 Å². The molecule has 0 amide bonds. The molecule has 0 saturated carbocycles. The Morgan fingerprint density at radius 2 is 1.85 bits per heavy atom. The average molecular weight is 361 g/mol. The molecule has 0 atom stereocenters. The zero-order chi connectivity index (χ0) is 18.5. The third-order valence-corrected chi connectivity index (χ3v) is 5.95. The number of H-pyrrole nitrogens is 1. The lowest BCUT2D eigenvalue weighted by Gasteiger charge is -2.35. The predicted molar refractivity (Wildman–Crippen MR) is 108 cm³/mol. The summed E-state index contributed by atoms with van der Waals surface area (Å²) in [6.45, 7) is 6.52. The van der Waals surface area contributed by atoms with Crippen LogP contribution in [0.4, 0.5) is 0 Å². The van der Waals surface area contributed by atoms with Gasteiger partial charge in [0.05, 0.1) is 23.1 Å². The molecule has 0 unspecified atom stereocenters. The average Bonchev–Trinajstić information content (AvgIpc) is 3.02. The Kier molecular flexibility index (Phi) is 3.75. The molecule has 1 aliphatic rings. The monoisotopic (exact) mass is 361 g/mol. The summed E-state index contributed by atoms with van der Waals surface area (Å²) in [4.78, 5) is 15.8. The molecule has 0 aliphatic carbocycles. The van der Waals surface area contributed by atoms with E-state index in [0.29, 0.717) is 6.04 Å². The summed E-state index contributed by atoms with van der Waals surface area (Å²) in [5.74, 6) is 0. The highest BCUT2D eigenvalue weighted by Crippen LogP contribution is 2.30. The van der Waals surface area contributed by atoms with E-state index in [0.717, 1.165) is 58.5 Å². The zero-order valence-corrected chi connectivity index (χ0v) is 15.6. The van der Waals surface area contributed by atoms with Gasteiger partial charge in [-0.3, -0.25) is 9.89 Å². The van der Waals surface area contributed by atoms with Crippen LogP contribution in [0.25, 0.3) is 32.6 Å². The van der Waals surface area contributed by atoms with Gasteiger partial charge in [0.2, 0.25) is 0 Å². The minimum absolute atomic E-state index is 0.0509. The molecular formula is C21H23N5O. The Morgan fingerprint density at radius 1 is 1.07 bits per heavy atom. The standard InChI is InChI=1S/C21H23N5O/c1-13(2)25-11-8-15(9-12-25)26-21(27)17-4-3-14-7-10-22-23-20(14)16-5-6-18(24-26)19(16)17/h3-7,10,13,15,24H,8-9,11-12H2,1-2H3. The van der Waals surface area contributed by atoms with E-state index in [-0.39, 0.29) is 11.6 Å². The molecule has 0 spiro atoms. The first-order valence-corrected chi connectivity index (χ1v) is 9.65. The van der Waals surface area contributed by atoms with E-state index in [1.807, 2.05) is 35.0 Å². The highest BCUT2D eigenvalue weighted by atomic mass is 16.1. The number of nitrogens with one attached hydrogen (secondary N) is 1. The van der Waals surface area contributed by atoms with Gasteiger partial charge in [-0.25, -0.2) is 4.68 Å². The van der Waals surface area contributed by atoms with Crippen molar-refractivity contribution in [2.75, 3.05) is 13.1 Å². The fourth-order valence-corrected chi connectivity index (χ4v) is 4.41. The van der Waals surface area contributed by atoms with Gasteiger partial charge in [-0.1, -0.05) is 6.07 Å². The van der Waals surface area contributed by atoms with Gasteiger partial charge in [-0.05, 0) is 51.0 Å². The summed E-state index contributed by atoms with van der Waals surface area (Å²) in [5, 5.41) is 15.4. The van der Waals surface area contributed by atoms with E-state index in [9.17, 15) is 4.79 Å². The molecule has 6 heteroatoms. The van der Waals surface area contributed by atoms with Crippen LogP contribution in [0.5, 0.6) is 0 Å². The molecule has 1 N–H and O–H groups in total. The fourth-order valence-electron chi connectivity index (χ4n) is 4.41. The predicted octanol–water partition coefficient (Wildman–Crippen LogP) is 3.47. The summed E-state index contributed by atoms with van der Waals surface area (Å²) in [5.41, 5.74) is 1.86. The van der Waals surface area contributed by atoms with Crippen LogP contribution in [-0.2, 0) is 0 Å². The third kappa shape index (κ3) is 2.55. The van der Waals surface area contributed by atoms with Crippen LogP contribution in [-0.4, -0.2) is 44.0 Å². The summed E-state index contributed by atoms with van der Waals surface area (Å²) in [6, 6.07) is 10.7. The molecule has 27 heavy (non-hydrogen) atoms. The molecule has 3 heterocycles. The summed E-state index contributed by atoms with van der Waals surface area (Å²) in [7, 11) is 0. The zero-order valence-electron chi connectivity index (χ0n) is 15.6. The number of rotatable bonds is 2. The second kappa shape index (κ2) is 6.16. The molecule has 4 aromatic rings. The van der Waals surface area contributed by atoms with Crippen molar-refractivity contribution in [3.8, 4) is 0 Å². The molecule has 1 aliphatic heterocycles. The van der Waals surface area contributed by atoms with Gasteiger partial charge in [0.25, 0.3) is 5.56 Å². The van der Waals surface area contributed by atoms with Crippen LogP contribution in [0.1, 0.15) is 32.7 Å². The first kappa shape index (κ1) is 16.4. The highest BCUT2D eigenvalue weighted by Gasteiger charge is 2.24. The largest absolute Gasteiger partial charge is 0.301 e. The Balaban J connectivity index is 1.70. The van der Waals surface area contributed by atoms with Crippen molar-refractivity contribution in [3.05, 3.63) is 46.9 Å². The van der Waals surface area contributed by atoms with Crippen LogP contribution in [0.15, 0.2) is 41.3 Å². The molecule has 6 nitrogen and oxygen atoms in total. The van der Waals surface area contributed by atoms with Crippen molar-refractivity contribution in [3.63, 3.8) is 0 Å². The number of hydrogen-bond acceptors (Lipinski definition) is 4. The number of hydrogen-bond donors (Lipinski definition) is 1. The molecule has 1 fully saturated rings. The van der Waals surface area contributed by atoms with E-state index < -0.39 is 0 Å². The molecule has 2 aromatic heterocycles. The van der Waals surface area contributed by atoms with Crippen molar-refractivity contribution in [1.29, 1.82) is 0 Å². The maximum absolute atomic E-state index is 13.3. The second-order valence-corrected chi connectivity index (χ2v) is 7.77. The van der Waals surface area contributed by atoms with Crippen LogP contribution in [0, 0.1) is 0 Å². The van der Waals surface area contributed by atoms with Crippen LogP contribution in [0.3, 0.4) is 0 Å². The second-order valence-electron chi connectivity index (χ2n) is 7.77. The van der Waals surface area contributed by atoms with E-state index in [2.05, 4.69) is 34.0 Å². The fraction of sp³-hybridized carbons (Fsp3) is 0.381. The molecular weight excluding hydrogens is 338 g/mol. The number of piperidine rings is 1. The van der Waals surface area contributed by atoms with Crippen LogP contribution >= 0.6 is 0 Å². The van der Waals surface area contributed by atoms with E-state index in [4.69, 9.17) is 0 Å². The van der Waals surface area contributed by atoms with Crippen LogP contribution < -0.4 is 5.56 Å². The minimum atomic E-state index is 0.0509. The van der Waals surface area contributed by atoms with Gasteiger partial charge in [0.15, 0.2) is 0 Å². The Hall–Kier alpha value is -2.73. The van der Waals surface area contributed by atoms with Gasteiger partial charge in [0.1, 0.15) is 5.52 Å². The number of nitrogens with zero attached hydrogens (tertiary/aromatic N) is 4. The number of likely N-dealkylation sites (tertiary alicyclic amines) is 1. The molecule has 138 valence electrons. The van der Waals surface area contributed by atoms with Crippen molar-refractivity contribution >= 4 is 32.6 Å². The smallest absolute Gasteiger partial charge is 0.273 e. The van der Waals surface area contributed by atoms with Gasteiger partial charge in [-0.15, -0.1) is 5.10 Å². The third-order valence-electron chi connectivity index (χ3n) is 5.95. The SMILES string of the molecule is CC(C)N1CCC(n2[nH]c3ccc4c5nnccc5ccc(c2=O)c34)CC1. The molecule has 2 aromatic carbocycles. The van der Waals surface area contributed by atoms with E-state index in [1.54, 1.807) is 6.20 Å². The number of aromatic nitrogens is 4. The lowest BCUT2D eigenvalue weighted by molar-refractivity contribution is 0.145. The van der Waals surface area contributed by atoms with Crippen LogP contribution in [0.2, 0.25) is 0 Å². The summed E-state index contributed by atoms with van der Waals surface area (Å²) >= 11 is 0. The van der Waals surface area contributed by atoms with Gasteiger partial charge in [-0.2, -0.15) is 5.10 Å². The first-order chi connectivity index (χ1) is 13.1. The van der Waals surface area contributed by atoms with Gasteiger partial charge in [0, 0.05) is 35.3 Å². The van der Waals surface area contributed by atoms with Gasteiger partial charge >= 0.3 is 0 Å². The maximum Gasteiger partial charge on any atom is 0.273 e. The van der Waals surface area contributed by atoms with Crippen molar-refractivity contribution in [2.45, 2.75) is 38.8 Å². The van der Waals surface area contributed by atoms with Crippen molar-refractivity contribution in [1.82, 2.24) is 24.9 Å². The molecule has 1 saturated heterocycles. The lowest BCUT2D eigenvalue weighted by Crippen LogP contribution is -2.41. The van der Waals surface area contributed by atoms with Gasteiger partial charge < -0.3 is 4.90 Å². The quantitative estimate of drug-likeness (QED) is 0.594. The Labute approximate surface area is 156 Å². The Bertz CT molecular complexity index is 1200. The molecule has 0 radical (unpaired) electrons. The first-order valence-electron chi connectivity index (χ1n) is 9.65. The molecule has 5 rings (SSSR count). The highest BCUT2D eigenvalue weighted by molar-refractivity contribution is 6.17. The van der Waals surface area contributed by atoms with Crippen molar-refractivity contribution in [2.24, 2.45) is 0 Å². The summed E-state index contributed by atoms with van der Waals surface area (Å²) in [6.07, 6.45) is 3.66. The lowest BCUT2D eigenvalue weighted by atomic mass is 10.0. The van der Waals surface area contributed by atoms with E-state index >= 15 is 0 Å². The summed E-state index contributed by atoms with van der Waals surface area (Å²) < 4.78 is 1.85.